The van der Waals surface area contributed by atoms with E-state index >= 15 is 0 Å². The van der Waals surface area contributed by atoms with Gasteiger partial charge >= 0.3 is 0 Å². The summed E-state index contributed by atoms with van der Waals surface area (Å²) >= 11 is 0.713. The topological polar surface area (TPSA) is 162 Å². The molecule has 0 unspecified atom stereocenters. The molecule has 158 valence electrons. The Bertz CT molecular complexity index is 1300. The Kier molecular flexibility index (Phi) is 6.17. The number of hydrogen-bond donors (Lipinski definition) is 1. The van der Waals surface area contributed by atoms with E-state index < -0.39 is 25.6 Å². The first kappa shape index (κ1) is 21.7. The predicted octanol–water partition coefficient (Wildman–Crippen LogP) is 3.44. The molecule has 0 fully saturated rings. The van der Waals surface area contributed by atoms with Gasteiger partial charge in [-0.1, -0.05) is 23.5 Å². The van der Waals surface area contributed by atoms with Gasteiger partial charge in [-0.15, -0.1) is 0 Å². The average molecular weight is 460 g/mol. The number of nitrogens with zero attached hydrogens (tertiary/aromatic N) is 3. The number of nitro groups is 2. The van der Waals surface area contributed by atoms with Gasteiger partial charge in [-0.3, -0.25) is 30.3 Å². The summed E-state index contributed by atoms with van der Waals surface area (Å²) in [7, 11) is -3.96. The van der Waals surface area contributed by atoms with Crippen molar-refractivity contribution in [3.63, 3.8) is 0 Å². The van der Waals surface area contributed by atoms with Crippen molar-refractivity contribution in [2.75, 3.05) is 5.32 Å². The number of carbonyl (C=O) groups excluding carboxylic acids is 1. The third kappa shape index (κ3) is 5.15. The highest BCUT2D eigenvalue weighted by Gasteiger charge is 2.22. The maximum Gasteiger partial charge on any atom is 0.270 e. The van der Waals surface area contributed by atoms with Crippen molar-refractivity contribution in [1.82, 2.24) is 4.98 Å². The number of non-ortho nitro benzene ring substituents is 2. The largest absolute Gasteiger partial charge is 0.298 e. The van der Waals surface area contributed by atoms with E-state index in [-0.39, 0.29) is 25.6 Å². The second-order valence-electron chi connectivity index (χ2n) is 5.91. The molecule has 31 heavy (non-hydrogen) atoms. The van der Waals surface area contributed by atoms with E-state index in [1.54, 1.807) is 6.07 Å². The Morgan fingerprint density at radius 2 is 1.71 bits per heavy atom. The fourth-order valence-corrected chi connectivity index (χ4v) is 4.80. The molecule has 0 bridgehead atoms. The average Bonchev–Trinajstić information content (AvgIpc) is 3.22. The van der Waals surface area contributed by atoms with Gasteiger partial charge in [0.15, 0.2) is 5.13 Å². The summed E-state index contributed by atoms with van der Waals surface area (Å²) in [5.41, 5.74) is 0.0697. The van der Waals surface area contributed by atoms with Crippen LogP contribution in [0.15, 0.2) is 69.9 Å². The summed E-state index contributed by atoms with van der Waals surface area (Å²) in [5.74, 6) is -0.611. The number of rotatable bonds is 7. The standard InChI is InChI=1S/C18H12N4O7S2/c23-16(9-4-12-2-1-3-14(10-12)22(26)27)20-18-19-11-17(30-18)31(28,29)15-7-5-13(6-8-15)21(24)25/h1-11H,(H,19,20,23)/b9-4+. The lowest BCUT2D eigenvalue weighted by atomic mass is 10.2. The Labute approximate surface area is 178 Å². The van der Waals surface area contributed by atoms with Crippen LogP contribution in [-0.2, 0) is 14.6 Å². The van der Waals surface area contributed by atoms with Crippen molar-refractivity contribution < 1.29 is 23.1 Å². The van der Waals surface area contributed by atoms with Crippen molar-refractivity contribution in [3.8, 4) is 0 Å². The van der Waals surface area contributed by atoms with Gasteiger partial charge in [0.1, 0.15) is 4.21 Å². The molecule has 1 N–H and O–H groups in total. The van der Waals surface area contributed by atoms with Gasteiger partial charge in [0.25, 0.3) is 11.4 Å². The number of amides is 1. The molecule has 0 radical (unpaired) electrons. The molecule has 1 aromatic heterocycles. The zero-order valence-corrected chi connectivity index (χ0v) is 17.0. The quantitative estimate of drug-likeness (QED) is 0.318. The van der Waals surface area contributed by atoms with E-state index in [0.29, 0.717) is 16.9 Å². The molecule has 0 aliphatic heterocycles. The molecule has 0 saturated heterocycles. The minimum Gasteiger partial charge on any atom is -0.298 e. The molecule has 13 heteroatoms. The van der Waals surface area contributed by atoms with Crippen LogP contribution in [0.5, 0.6) is 0 Å². The van der Waals surface area contributed by atoms with Crippen molar-refractivity contribution in [3.05, 3.63) is 86.6 Å². The van der Waals surface area contributed by atoms with Crippen LogP contribution in [0.3, 0.4) is 0 Å². The van der Waals surface area contributed by atoms with Crippen LogP contribution >= 0.6 is 11.3 Å². The number of aromatic nitrogens is 1. The molecule has 1 heterocycles. The smallest absolute Gasteiger partial charge is 0.270 e. The van der Waals surface area contributed by atoms with Gasteiger partial charge in [0.05, 0.1) is 20.9 Å². The molecule has 11 nitrogen and oxygen atoms in total. The number of benzene rings is 2. The number of carbonyl (C=O) groups is 1. The molecule has 2 aromatic carbocycles. The Hall–Kier alpha value is -3.97. The lowest BCUT2D eigenvalue weighted by Gasteiger charge is -2.00. The first-order valence-corrected chi connectivity index (χ1v) is 10.7. The predicted molar refractivity (Wildman–Crippen MR) is 111 cm³/mol. The zero-order chi connectivity index (χ0) is 22.6. The van der Waals surface area contributed by atoms with Crippen LogP contribution in [0.25, 0.3) is 6.08 Å². The van der Waals surface area contributed by atoms with Crippen LogP contribution in [0.2, 0.25) is 0 Å². The van der Waals surface area contributed by atoms with Crippen molar-refractivity contribution in [2.24, 2.45) is 0 Å². The summed E-state index contributed by atoms with van der Waals surface area (Å²) in [4.78, 5) is 36.1. The number of sulfone groups is 1. The summed E-state index contributed by atoms with van der Waals surface area (Å²) < 4.78 is 25.1. The van der Waals surface area contributed by atoms with Gasteiger partial charge in [-0.2, -0.15) is 0 Å². The van der Waals surface area contributed by atoms with Crippen LogP contribution in [0, 0.1) is 20.2 Å². The number of nitrogens with one attached hydrogen (secondary N) is 1. The highest BCUT2D eigenvalue weighted by atomic mass is 32.2. The SMILES string of the molecule is O=C(/C=C/c1cccc([N+](=O)[O-])c1)Nc1ncc(S(=O)(=O)c2ccc([N+](=O)[O-])cc2)s1. The minimum absolute atomic E-state index is 0.0224. The molecule has 1 amide bonds. The molecule has 0 spiro atoms. The van der Waals surface area contributed by atoms with E-state index in [4.69, 9.17) is 0 Å². The monoisotopic (exact) mass is 460 g/mol. The van der Waals surface area contributed by atoms with E-state index in [1.807, 2.05) is 0 Å². The molecule has 0 aliphatic rings. The molecular formula is C18H12N4O7S2. The maximum absolute atomic E-state index is 12.6. The lowest BCUT2D eigenvalue weighted by molar-refractivity contribution is -0.385. The summed E-state index contributed by atoms with van der Waals surface area (Å²) in [6.07, 6.45) is 3.57. The summed E-state index contributed by atoms with van der Waals surface area (Å²) in [6.45, 7) is 0. The molecule has 3 aromatic rings. The van der Waals surface area contributed by atoms with Gasteiger partial charge in [0, 0.05) is 30.3 Å². The number of nitro benzene ring substituents is 2. The molecule has 0 atom stereocenters. The second kappa shape index (κ2) is 8.81. The zero-order valence-electron chi connectivity index (χ0n) is 15.4. The first-order valence-electron chi connectivity index (χ1n) is 8.36. The van der Waals surface area contributed by atoms with Crippen molar-refractivity contribution >= 4 is 49.7 Å². The Morgan fingerprint density at radius 3 is 2.35 bits per heavy atom. The third-order valence-corrected chi connectivity index (χ3v) is 6.99. The normalized spacial score (nSPS) is 11.4. The van der Waals surface area contributed by atoms with Crippen LogP contribution in [0.1, 0.15) is 5.56 Å². The Balaban J connectivity index is 1.71. The van der Waals surface area contributed by atoms with Crippen LogP contribution in [0.4, 0.5) is 16.5 Å². The van der Waals surface area contributed by atoms with Gasteiger partial charge in [-0.25, -0.2) is 13.4 Å². The Morgan fingerprint density at radius 1 is 1.03 bits per heavy atom. The second-order valence-corrected chi connectivity index (χ2v) is 9.12. The fraction of sp³-hybridized carbons (Fsp3) is 0. The number of hydrogen-bond acceptors (Lipinski definition) is 9. The summed E-state index contributed by atoms with van der Waals surface area (Å²) in [5, 5.41) is 23.9. The van der Waals surface area contributed by atoms with Crippen LogP contribution in [-0.4, -0.2) is 29.2 Å². The van der Waals surface area contributed by atoms with Crippen LogP contribution < -0.4 is 5.32 Å². The van der Waals surface area contributed by atoms with E-state index in [9.17, 15) is 33.4 Å². The van der Waals surface area contributed by atoms with E-state index in [1.165, 1.54) is 24.3 Å². The molecule has 3 rings (SSSR count). The molecule has 0 aliphatic carbocycles. The van der Waals surface area contributed by atoms with Crippen molar-refractivity contribution in [2.45, 2.75) is 9.10 Å². The lowest BCUT2D eigenvalue weighted by Crippen LogP contribution is -2.07. The van der Waals surface area contributed by atoms with Gasteiger partial charge in [0.2, 0.25) is 15.7 Å². The number of anilines is 1. The number of thiazole rings is 1. The fourth-order valence-electron chi connectivity index (χ4n) is 2.37. The van der Waals surface area contributed by atoms with Gasteiger partial charge in [-0.05, 0) is 23.8 Å². The molecular weight excluding hydrogens is 448 g/mol. The highest BCUT2D eigenvalue weighted by molar-refractivity contribution is 7.93. The third-order valence-electron chi connectivity index (χ3n) is 3.85. The highest BCUT2D eigenvalue weighted by Crippen LogP contribution is 2.29. The minimum atomic E-state index is -3.96. The van der Waals surface area contributed by atoms with E-state index in [2.05, 4.69) is 10.3 Å². The summed E-state index contributed by atoms with van der Waals surface area (Å²) in [6, 6.07) is 10.1. The van der Waals surface area contributed by atoms with Gasteiger partial charge < -0.3 is 0 Å². The van der Waals surface area contributed by atoms with Crippen molar-refractivity contribution in [1.29, 1.82) is 0 Å². The maximum atomic E-state index is 12.6. The van der Waals surface area contributed by atoms with E-state index in [0.717, 1.165) is 36.5 Å². The molecule has 0 saturated carbocycles. The first-order chi connectivity index (χ1) is 14.7.